The van der Waals surface area contributed by atoms with Crippen LogP contribution in [-0.2, 0) is 0 Å². The summed E-state index contributed by atoms with van der Waals surface area (Å²) < 4.78 is 0. The summed E-state index contributed by atoms with van der Waals surface area (Å²) in [6, 6.07) is 0.301. The summed E-state index contributed by atoms with van der Waals surface area (Å²) in [6.45, 7) is 6.88. The fourth-order valence-electron chi connectivity index (χ4n) is 2.68. The predicted octanol–water partition coefficient (Wildman–Crippen LogP) is 2.48. The number of rotatable bonds is 3. The van der Waals surface area contributed by atoms with Crippen LogP contribution in [0.2, 0.25) is 0 Å². The van der Waals surface area contributed by atoms with Gasteiger partial charge in [0, 0.05) is 11.6 Å². The topological polar surface area (TPSA) is 29.3 Å². The Labute approximate surface area is 95.2 Å². The molecule has 0 heterocycles. The van der Waals surface area contributed by atoms with Gasteiger partial charge in [0.05, 0.1) is 0 Å². The Morgan fingerprint density at radius 3 is 2.33 bits per heavy atom. The largest absolute Gasteiger partial charge is 0.326 e. The van der Waals surface area contributed by atoms with Crippen molar-refractivity contribution < 1.29 is 0 Å². The minimum Gasteiger partial charge on any atom is -0.326 e. The standard InChI is InChI=1S/C13H28N2/c1-10-7-6-8-11(9-10)12(14)13(2,3)15(4)5/h10-12H,6-9,14H2,1-5H3. The molecule has 1 saturated carbocycles. The van der Waals surface area contributed by atoms with Crippen LogP contribution in [0, 0.1) is 11.8 Å². The molecule has 15 heavy (non-hydrogen) atoms. The van der Waals surface area contributed by atoms with E-state index in [0.717, 1.165) is 5.92 Å². The number of likely N-dealkylation sites (N-methyl/N-ethyl adjacent to an activating group) is 1. The molecule has 2 nitrogen and oxygen atoms in total. The average molecular weight is 212 g/mol. The van der Waals surface area contributed by atoms with Crippen LogP contribution in [0.25, 0.3) is 0 Å². The van der Waals surface area contributed by atoms with Crippen molar-refractivity contribution in [1.82, 2.24) is 4.90 Å². The van der Waals surface area contributed by atoms with Crippen molar-refractivity contribution in [2.24, 2.45) is 17.6 Å². The molecule has 1 aliphatic carbocycles. The van der Waals surface area contributed by atoms with E-state index >= 15 is 0 Å². The molecule has 90 valence electrons. The van der Waals surface area contributed by atoms with Gasteiger partial charge in [-0.1, -0.05) is 19.8 Å². The lowest BCUT2D eigenvalue weighted by Gasteiger charge is -2.44. The van der Waals surface area contributed by atoms with Crippen molar-refractivity contribution in [2.75, 3.05) is 14.1 Å². The first-order chi connectivity index (χ1) is 6.85. The minimum atomic E-state index is 0.113. The highest BCUT2D eigenvalue weighted by atomic mass is 15.2. The number of hydrogen-bond acceptors (Lipinski definition) is 2. The Hall–Kier alpha value is -0.0800. The molecule has 0 saturated heterocycles. The second kappa shape index (κ2) is 4.84. The van der Waals surface area contributed by atoms with Gasteiger partial charge < -0.3 is 10.6 Å². The van der Waals surface area contributed by atoms with Crippen molar-refractivity contribution in [1.29, 1.82) is 0 Å². The molecule has 0 aromatic rings. The Bertz CT molecular complexity index is 199. The van der Waals surface area contributed by atoms with E-state index in [9.17, 15) is 0 Å². The maximum Gasteiger partial charge on any atom is 0.0300 e. The maximum atomic E-state index is 6.45. The normalized spacial score (nSPS) is 30.6. The Morgan fingerprint density at radius 1 is 1.27 bits per heavy atom. The van der Waals surface area contributed by atoms with Crippen LogP contribution in [0.1, 0.15) is 46.5 Å². The molecule has 0 amide bonds. The quantitative estimate of drug-likeness (QED) is 0.779. The SMILES string of the molecule is CC1CCCC(C(N)C(C)(C)N(C)C)C1. The first-order valence-electron chi connectivity index (χ1n) is 6.28. The highest BCUT2D eigenvalue weighted by Crippen LogP contribution is 2.34. The molecule has 2 N–H and O–H groups in total. The fraction of sp³-hybridized carbons (Fsp3) is 1.00. The molecule has 2 heteroatoms. The van der Waals surface area contributed by atoms with Gasteiger partial charge >= 0.3 is 0 Å². The van der Waals surface area contributed by atoms with Crippen LogP contribution < -0.4 is 5.73 Å². The second-order valence-corrected chi connectivity index (χ2v) is 6.11. The van der Waals surface area contributed by atoms with E-state index in [-0.39, 0.29) is 5.54 Å². The minimum absolute atomic E-state index is 0.113. The zero-order valence-electron chi connectivity index (χ0n) is 11.1. The number of nitrogens with two attached hydrogens (primary N) is 1. The van der Waals surface area contributed by atoms with E-state index in [2.05, 4.69) is 39.8 Å². The summed E-state index contributed by atoms with van der Waals surface area (Å²) >= 11 is 0. The van der Waals surface area contributed by atoms with Gasteiger partial charge in [0.15, 0.2) is 0 Å². The Morgan fingerprint density at radius 2 is 1.87 bits per heavy atom. The molecule has 1 rings (SSSR count). The van der Waals surface area contributed by atoms with E-state index in [1.54, 1.807) is 0 Å². The van der Waals surface area contributed by atoms with Crippen LogP contribution >= 0.6 is 0 Å². The molecule has 0 aromatic carbocycles. The monoisotopic (exact) mass is 212 g/mol. The highest BCUT2D eigenvalue weighted by molar-refractivity contribution is 4.94. The predicted molar refractivity (Wildman–Crippen MR) is 66.9 cm³/mol. The van der Waals surface area contributed by atoms with E-state index in [0.29, 0.717) is 12.0 Å². The third-order valence-corrected chi connectivity index (χ3v) is 4.45. The molecule has 1 aliphatic rings. The van der Waals surface area contributed by atoms with Gasteiger partial charge in [-0.15, -0.1) is 0 Å². The van der Waals surface area contributed by atoms with Crippen molar-refractivity contribution in [3.8, 4) is 0 Å². The lowest BCUT2D eigenvalue weighted by molar-refractivity contribution is 0.0998. The fourth-order valence-corrected chi connectivity index (χ4v) is 2.68. The Balaban J connectivity index is 2.62. The summed E-state index contributed by atoms with van der Waals surface area (Å²) in [5, 5.41) is 0. The molecule has 1 fully saturated rings. The first-order valence-corrected chi connectivity index (χ1v) is 6.28. The van der Waals surface area contributed by atoms with Crippen molar-refractivity contribution >= 4 is 0 Å². The van der Waals surface area contributed by atoms with Crippen LogP contribution in [0.5, 0.6) is 0 Å². The molecule has 0 aliphatic heterocycles. The molecule has 0 spiro atoms. The van der Waals surface area contributed by atoms with E-state index < -0.39 is 0 Å². The van der Waals surface area contributed by atoms with Crippen LogP contribution in [-0.4, -0.2) is 30.6 Å². The highest BCUT2D eigenvalue weighted by Gasteiger charge is 2.36. The Kier molecular flexibility index (Phi) is 4.19. The number of hydrogen-bond donors (Lipinski definition) is 1. The van der Waals surface area contributed by atoms with Gasteiger partial charge in [-0.25, -0.2) is 0 Å². The van der Waals surface area contributed by atoms with E-state index in [1.807, 2.05) is 0 Å². The molecule has 0 bridgehead atoms. The first kappa shape index (κ1) is 13.0. The third kappa shape index (κ3) is 2.94. The molecular weight excluding hydrogens is 184 g/mol. The summed E-state index contributed by atoms with van der Waals surface area (Å²) in [5.41, 5.74) is 6.56. The van der Waals surface area contributed by atoms with E-state index in [4.69, 9.17) is 5.73 Å². The van der Waals surface area contributed by atoms with Gasteiger partial charge in [0.25, 0.3) is 0 Å². The molecule has 3 unspecified atom stereocenters. The van der Waals surface area contributed by atoms with Crippen LogP contribution in [0.4, 0.5) is 0 Å². The molecular formula is C13H28N2. The summed E-state index contributed by atoms with van der Waals surface area (Å²) in [6.07, 6.45) is 5.40. The molecule has 0 radical (unpaired) electrons. The zero-order valence-corrected chi connectivity index (χ0v) is 11.1. The van der Waals surface area contributed by atoms with Gasteiger partial charge in [-0.2, -0.15) is 0 Å². The maximum absolute atomic E-state index is 6.45. The van der Waals surface area contributed by atoms with Crippen molar-refractivity contribution in [3.63, 3.8) is 0 Å². The molecule has 0 aromatic heterocycles. The van der Waals surface area contributed by atoms with Gasteiger partial charge in [0.1, 0.15) is 0 Å². The summed E-state index contributed by atoms with van der Waals surface area (Å²) in [7, 11) is 4.26. The second-order valence-electron chi connectivity index (χ2n) is 6.11. The van der Waals surface area contributed by atoms with Gasteiger partial charge in [-0.3, -0.25) is 0 Å². The van der Waals surface area contributed by atoms with E-state index in [1.165, 1.54) is 25.7 Å². The average Bonchev–Trinajstić information content (AvgIpc) is 2.16. The molecule has 3 atom stereocenters. The third-order valence-electron chi connectivity index (χ3n) is 4.45. The smallest absolute Gasteiger partial charge is 0.0300 e. The summed E-state index contributed by atoms with van der Waals surface area (Å²) in [4.78, 5) is 2.26. The van der Waals surface area contributed by atoms with Crippen LogP contribution in [0.15, 0.2) is 0 Å². The van der Waals surface area contributed by atoms with Crippen molar-refractivity contribution in [2.45, 2.75) is 58.0 Å². The van der Waals surface area contributed by atoms with Crippen LogP contribution in [0.3, 0.4) is 0 Å². The summed E-state index contributed by atoms with van der Waals surface area (Å²) in [5.74, 6) is 1.58. The van der Waals surface area contributed by atoms with Gasteiger partial charge in [0.2, 0.25) is 0 Å². The zero-order chi connectivity index (χ0) is 11.6. The lowest BCUT2D eigenvalue weighted by Crippen LogP contribution is -2.57. The van der Waals surface area contributed by atoms with Crippen molar-refractivity contribution in [3.05, 3.63) is 0 Å². The van der Waals surface area contributed by atoms with Gasteiger partial charge in [-0.05, 0) is 52.6 Å². The number of nitrogens with zero attached hydrogens (tertiary/aromatic N) is 1. The lowest BCUT2D eigenvalue weighted by atomic mass is 9.73.